The van der Waals surface area contributed by atoms with E-state index in [4.69, 9.17) is 5.73 Å². The zero-order chi connectivity index (χ0) is 15.4. The Labute approximate surface area is 131 Å². The Balaban J connectivity index is 2.00. The highest BCUT2D eigenvalue weighted by molar-refractivity contribution is 9.10. The average molecular weight is 356 g/mol. The fourth-order valence-corrected chi connectivity index (χ4v) is 3.03. The molecule has 1 aromatic carbocycles. The van der Waals surface area contributed by atoms with E-state index in [9.17, 15) is 14.9 Å². The number of carbonyl (C=O) groups is 1. The van der Waals surface area contributed by atoms with E-state index in [1.807, 2.05) is 0 Å². The summed E-state index contributed by atoms with van der Waals surface area (Å²) in [5.74, 6) is 0.417. The summed E-state index contributed by atoms with van der Waals surface area (Å²) in [7, 11) is 0. The molecular weight excluding hydrogens is 338 g/mol. The molecule has 2 rings (SSSR count). The lowest BCUT2D eigenvalue weighted by molar-refractivity contribution is -0.385. The summed E-state index contributed by atoms with van der Waals surface area (Å²) in [5.41, 5.74) is 6.04. The molecule has 1 amide bonds. The highest BCUT2D eigenvalue weighted by Gasteiger charge is 2.26. The standard InChI is InChI=1S/C14H18BrN3O3/c15-12-6-5-11(7-13(12)18(20)21)17-14(19)10-3-1-9(8-16)2-4-10/h5-7,9-10H,1-4,8,16H2,(H,17,19). The first-order chi connectivity index (χ1) is 10.0. The Morgan fingerprint density at radius 3 is 2.62 bits per heavy atom. The molecule has 1 fully saturated rings. The Morgan fingerprint density at radius 1 is 1.38 bits per heavy atom. The van der Waals surface area contributed by atoms with Crippen molar-refractivity contribution in [1.29, 1.82) is 0 Å². The van der Waals surface area contributed by atoms with Crippen LogP contribution in [0, 0.1) is 22.0 Å². The minimum atomic E-state index is -0.480. The number of benzene rings is 1. The number of hydrogen-bond donors (Lipinski definition) is 2. The summed E-state index contributed by atoms with van der Waals surface area (Å²) in [4.78, 5) is 22.6. The van der Waals surface area contributed by atoms with Crippen LogP contribution in [0.15, 0.2) is 22.7 Å². The summed E-state index contributed by atoms with van der Waals surface area (Å²) in [5, 5.41) is 13.7. The van der Waals surface area contributed by atoms with E-state index >= 15 is 0 Å². The van der Waals surface area contributed by atoms with Crippen molar-refractivity contribution in [3.05, 3.63) is 32.8 Å². The highest BCUT2D eigenvalue weighted by Crippen LogP contribution is 2.31. The van der Waals surface area contributed by atoms with Gasteiger partial charge in [0.1, 0.15) is 0 Å². The molecule has 21 heavy (non-hydrogen) atoms. The van der Waals surface area contributed by atoms with Gasteiger partial charge in [-0.25, -0.2) is 0 Å². The molecule has 0 radical (unpaired) electrons. The van der Waals surface area contributed by atoms with Crippen molar-refractivity contribution >= 4 is 33.2 Å². The lowest BCUT2D eigenvalue weighted by Crippen LogP contribution is -2.29. The van der Waals surface area contributed by atoms with Gasteiger partial charge in [-0.05, 0) is 66.2 Å². The molecule has 114 valence electrons. The van der Waals surface area contributed by atoms with E-state index < -0.39 is 4.92 Å². The van der Waals surface area contributed by atoms with Gasteiger partial charge in [0.05, 0.1) is 9.40 Å². The Bertz CT molecular complexity index is 542. The molecule has 7 heteroatoms. The number of halogens is 1. The number of nitro groups is 1. The number of amides is 1. The number of nitrogens with one attached hydrogen (secondary N) is 1. The minimum Gasteiger partial charge on any atom is -0.330 e. The molecule has 0 bridgehead atoms. The minimum absolute atomic E-state index is 0.0319. The Kier molecular flexibility index (Phi) is 5.30. The number of nitrogens with two attached hydrogens (primary N) is 1. The molecule has 1 aromatic rings. The summed E-state index contributed by atoms with van der Waals surface area (Å²) in [6, 6.07) is 4.59. The second kappa shape index (κ2) is 7.00. The van der Waals surface area contributed by atoms with Crippen molar-refractivity contribution in [1.82, 2.24) is 0 Å². The lowest BCUT2D eigenvalue weighted by Gasteiger charge is -2.26. The zero-order valence-corrected chi connectivity index (χ0v) is 13.1. The van der Waals surface area contributed by atoms with Gasteiger partial charge in [0.25, 0.3) is 5.69 Å². The molecule has 1 aliphatic carbocycles. The predicted octanol–water partition coefficient (Wildman–Crippen LogP) is 3.06. The first-order valence-corrected chi connectivity index (χ1v) is 7.75. The molecule has 1 saturated carbocycles. The second-order valence-corrected chi connectivity index (χ2v) is 6.22. The molecular formula is C14H18BrN3O3. The van der Waals surface area contributed by atoms with E-state index in [2.05, 4.69) is 21.2 Å². The molecule has 0 spiro atoms. The quantitative estimate of drug-likeness (QED) is 0.640. The van der Waals surface area contributed by atoms with Gasteiger partial charge in [-0.2, -0.15) is 0 Å². The van der Waals surface area contributed by atoms with Crippen molar-refractivity contribution in [2.45, 2.75) is 25.7 Å². The number of anilines is 1. The first-order valence-electron chi connectivity index (χ1n) is 6.96. The summed E-state index contributed by atoms with van der Waals surface area (Å²) < 4.78 is 0.397. The van der Waals surface area contributed by atoms with E-state index in [-0.39, 0.29) is 17.5 Å². The van der Waals surface area contributed by atoms with Gasteiger partial charge in [0.15, 0.2) is 0 Å². The van der Waals surface area contributed by atoms with Crippen LogP contribution < -0.4 is 11.1 Å². The molecule has 0 heterocycles. The van der Waals surface area contributed by atoms with Gasteiger partial charge in [-0.15, -0.1) is 0 Å². The largest absolute Gasteiger partial charge is 0.330 e. The third-order valence-corrected chi connectivity index (χ3v) is 4.63. The summed E-state index contributed by atoms with van der Waals surface area (Å²) in [6.45, 7) is 0.674. The molecule has 6 nitrogen and oxygen atoms in total. The van der Waals surface area contributed by atoms with Crippen LogP contribution in [0.2, 0.25) is 0 Å². The predicted molar refractivity (Wildman–Crippen MR) is 83.9 cm³/mol. The first kappa shape index (κ1) is 15.9. The van der Waals surface area contributed by atoms with Gasteiger partial charge in [0, 0.05) is 17.7 Å². The third kappa shape index (κ3) is 4.01. The normalized spacial score (nSPS) is 21.8. The van der Waals surface area contributed by atoms with Crippen molar-refractivity contribution in [3.8, 4) is 0 Å². The topological polar surface area (TPSA) is 98.3 Å². The SMILES string of the molecule is NCC1CCC(C(=O)Nc2ccc(Br)c([N+](=O)[O-])c2)CC1. The van der Waals surface area contributed by atoms with Crippen LogP contribution in [-0.4, -0.2) is 17.4 Å². The molecule has 0 unspecified atom stereocenters. The maximum Gasteiger partial charge on any atom is 0.285 e. The Hall–Kier alpha value is -1.47. The molecule has 3 N–H and O–H groups in total. The van der Waals surface area contributed by atoms with Crippen molar-refractivity contribution in [3.63, 3.8) is 0 Å². The maximum atomic E-state index is 12.2. The van der Waals surface area contributed by atoms with Crippen LogP contribution in [0.4, 0.5) is 11.4 Å². The molecule has 0 saturated heterocycles. The highest BCUT2D eigenvalue weighted by atomic mass is 79.9. The summed E-state index contributed by atoms with van der Waals surface area (Å²) >= 11 is 3.12. The van der Waals surface area contributed by atoms with Crippen molar-refractivity contribution in [2.75, 3.05) is 11.9 Å². The third-order valence-electron chi connectivity index (χ3n) is 3.96. The fraction of sp³-hybridized carbons (Fsp3) is 0.500. The van der Waals surface area contributed by atoms with E-state index in [0.29, 0.717) is 22.6 Å². The monoisotopic (exact) mass is 355 g/mol. The second-order valence-electron chi connectivity index (χ2n) is 5.37. The van der Waals surface area contributed by atoms with E-state index in [1.54, 1.807) is 12.1 Å². The lowest BCUT2D eigenvalue weighted by atomic mass is 9.81. The summed E-state index contributed by atoms with van der Waals surface area (Å²) in [6.07, 6.45) is 3.59. The average Bonchev–Trinajstić information content (AvgIpc) is 2.49. The molecule has 0 atom stereocenters. The molecule has 1 aliphatic rings. The van der Waals surface area contributed by atoms with Crippen LogP contribution in [0.25, 0.3) is 0 Å². The smallest absolute Gasteiger partial charge is 0.285 e. The number of nitro benzene ring substituents is 1. The fourth-order valence-electron chi connectivity index (χ4n) is 2.63. The number of carbonyl (C=O) groups excluding carboxylic acids is 1. The Morgan fingerprint density at radius 2 is 2.05 bits per heavy atom. The number of nitrogens with zero attached hydrogens (tertiary/aromatic N) is 1. The number of hydrogen-bond acceptors (Lipinski definition) is 4. The van der Waals surface area contributed by atoms with Gasteiger partial charge >= 0.3 is 0 Å². The van der Waals surface area contributed by atoms with E-state index in [1.165, 1.54) is 6.07 Å². The molecule has 0 aromatic heterocycles. The van der Waals surface area contributed by atoms with Crippen LogP contribution in [0.3, 0.4) is 0 Å². The van der Waals surface area contributed by atoms with Crippen molar-refractivity contribution in [2.24, 2.45) is 17.6 Å². The van der Waals surface area contributed by atoms with Crippen LogP contribution in [0.5, 0.6) is 0 Å². The van der Waals surface area contributed by atoms with Gasteiger partial charge < -0.3 is 11.1 Å². The van der Waals surface area contributed by atoms with Crippen LogP contribution >= 0.6 is 15.9 Å². The molecule has 0 aliphatic heterocycles. The van der Waals surface area contributed by atoms with Crippen molar-refractivity contribution < 1.29 is 9.72 Å². The number of rotatable bonds is 4. The maximum absolute atomic E-state index is 12.2. The van der Waals surface area contributed by atoms with Gasteiger partial charge in [-0.1, -0.05) is 0 Å². The van der Waals surface area contributed by atoms with Crippen LogP contribution in [-0.2, 0) is 4.79 Å². The van der Waals surface area contributed by atoms with E-state index in [0.717, 1.165) is 25.7 Å². The van der Waals surface area contributed by atoms with Gasteiger partial charge in [-0.3, -0.25) is 14.9 Å². The van der Waals surface area contributed by atoms with Gasteiger partial charge in [0.2, 0.25) is 5.91 Å². The van der Waals surface area contributed by atoms with Crippen LogP contribution in [0.1, 0.15) is 25.7 Å². The zero-order valence-electron chi connectivity index (χ0n) is 11.5.